The van der Waals surface area contributed by atoms with Gasteiger partial charge >= 0.3 is 0 Å². The number of anilines is 1. The number of rotatable bonds is 7. The van der Waals surface area contributed by atoms with Crippen LogP contribution in [0.1, 0.15) is 19.3 Å². The molecule has 3 N–H and O–H groups in total. The standard InChI is InChI=1S/C17H27N3O3.2ClH/c1-22-15-7-3-6-14(9-15)20-8-4-5-13(12-20)19-17(21)10-16(11-18)23-2;;/h3,6-7,9,13,16H,4-5,8,10-12,18H2,1-2H3,(H,19,21);2*1H. The second kappa shape index (κ2) is 12.2. The number of nitrogens with two attached hydrogens (primary N) is 1. The van der Waals surface area contributed by atoms with Gasteiger partial charge in [0, 0.05) is 44.5 Å². The van der Waals surface area contributed by atoms with Crippen molar-refractivity contribution in [3.05, 3.63) is 24.3 Å². The number of ether oxygens (including phenoxy) is 2. The van der Waals surface area contributed by atoms with Crippen molar-refractivity contribution in [2.24, 2.45) is 5.73 Å². The molecule has 1 aromatic rings. The topological polar surface area (TPSA) is 76.8 Å². The molecule has 1 amide bonds. The van der Waals surface area contributed by atoms with E-state index in [1.54, 1.807) is 14.2 Å². The second-order valence-corrected chi connectivity index (χ2v) is 5.85. The molecule has 1 aliphatic heterocycles. The van der Waals surface area contributed by atoms with E-state index in [1.807, 2.05) is 18.2 Å². The van der Waals surface area contributed by atoms with E-state index >= 15 is 0 Å². The summed E-state index contributed by atoms with van der Waals surface area (Å²) in [7, 11) is 3.25. The molecule has 0 radical (unpaired) electrons. The number of nitrogens with one attached hydrogen (secondary N) is 1. The Balaban J connectivity index is 0.00000288. The molecule has 144 valence electrons. The maximum Gasteiger partial charge on any atom is 0.222 e. The van der Waals surface area contributed by atoms with E-state index in [4.69, 9.17) is 15.2 Å². The maximum absolute atomic E-state index is 12.1. The molecular formula is C17H29Cl2N3O3. The number of amides is 1. The van der Waals surface area contributed by atoms with Gasteiger partial charge in [0.05, 0.1) is 19.6 Å². The predicted molar refractivity (Wildman–Crippen MR) is 105 cm³/mol. The van der Waals surface area contributed by atoms with Gasteiger partial charge in [-0.2, -0.15) is 0 Å². The van der Waals surface area contributed by atoms with Gasteiger partial charge in [-0.15, -0.1) is 24.8 Å². The zero-order valence-corrected chi connectivity index (χ0v) is 16.4. The third-order valence-electron chi connectivity index (χ3n) is 4.21. The van der Waals surface area contributed by atoms with Gasteiger partial charge in [0.1, 0.15) is 5.75 Å². The van der Waals surface area contributed by atoms with Gasteiger partial charge in [-0.1, -0.05) is 6.07 Å². The van der Waals surface area contributed by atoms with Crippen LogP contribution in [0.3, 0.4) is 0 Å². The smallest absolute Gasteiger partial charge is 0.222 e. The van der Waals surface area contributed by atoms with Crippen molar-refractivity contribution in [1.29, 1.82) is 0 Å². The highest BCUT2D eigenvalue weighted by molar-refractivity contribution is 5.85. The van der Waals surface area contributed by atoms with Crippen LogP contribution >= 0.6 is 24.8 Å². The minimum absolute atomic E-state index is 0. The first kappa shape index (κ1) is 23.8. The number of benzene rings is 1. The first-order valence-electron chi connectivity index (χ1n) is 8.07. The van der Waals surface area contributed by atoms with E-state index in [-0.39, 0.29) is 42.9 Å². The Kier molecular flexibility index (Phi) is 11.6. The normalized spacial score (nSPS) is 17.7. The summed E-state index contributed by atoms with van der Waals surface area (Å²) in [5, 5.41) is 3.10. The summed E-state index contributed by atoms with van der Waals surface area (Å²) in [6, 6.07) is 8.17. The number of piperidine rings is 1. The summed E-state index contributed by atoms with van der Waals surface area (Å²) in [6.07, 6.45) is 2.13. The molecule has 0 spiro atoms. The number of carbonyl (C=O) groups is 1. The lowest BCUT2D eigenvalue weighted by molar-refractivity contribution is -0.124. The van der Waals surface area contributed by atoms with Crippen molar-refractivity contribution in [3.8, 4) is 5.75 Å². The minimum atomic E-state index is -0.215. The number of halogens is 2. The van der Waals surface area contributed by atoms with Crippen LogP contribution in [0.2, 0.25) is 0 Å². The molecule has 2 atom stereocenters. The largest absolute Gasteiger partial charge is 0.497 e. The molecule has 6 nitrogen and oxygen atoms in total. The number of methoxy groups -OCH3 is 2. The molecule has 1 heterocycles. The molecule has 2 unspecified atom stereocenters. The zero-order chi connectivity index (χ0) is 16.7. The van der Waals surface area contributed by atoms with Crippen LogP contribution < -0.4 is 20.7 Å². The van der Waals surface area contributed by atoms with E-state index in [0.717, 1.165) is 37.4 Å². The molecule has 1 aromatic carbocycles. The quantitative estimate of drug-likeness (QED) is 0.740. The van der Waals surface area contributed by atoms with Crippen LogP contribution in [0, 0.1) is 0 Å². The predicted octanol–water partition coefficient (Wildman–Crippen LogP) is 1.99. The van der Waals surface area contributed by atoms with Crippen molar-refractivity contribution in [3.63, 3.8) is 0 Å². The van der Waals surface area contributed by atoms with Crippen LogP contribution in [0.5, 0.6) is 5.75 Å². The molecule has 0 bridgehead atoms. The van der Waals surface area contributed by atoms with Crippen LogP contribution in [-0.4, -0.2) is 51.9 Å². The summed E-state index contributed by atoms with van der Waals surface area (Å²) in [5.41, 5.74) is 6.69. The average Bonchev–Trinajstić information content (AvgIpc) is 2.60. The Morgan fingerprint density at radius 1 is 1.40 bits per heavy atom. The van der Waals surface area contributed by atoms with Crippen molar-refractivity contribution in [2.75, 3.05) is 38.8 Å². The molecule has 8 heteroatoms. The van der Waals surface area contributed by atoms with Crippen LogP contribution in [0.4, 0.5) is 5.69 Å². The fourth-order valence-corrected chi connectivity index (χ4v) is 2.89. The highest BCUT2D eigenvalue weighted by atomic mass is 35.5. The number of nitrogens with zero attached hydrogens (tertiary/aromatic N) is 1. The number of hydrogen-bond acceptors (Lipinski definition) is 5. The van der Waals surface area contributed by atoms with Crippen molar-refractivity contribution < 1.29 is 14.3 Å². The molecule has 1 saturated heterocycles. The van der Waals surface area contributed by atoms with Gasteiger partial charge in [0.25, 0.3) is 0 Å². The number of hydrogen-bond donors (Lipinski definition) is 2. The Morgan fingerprint density at radius 3 is 2.80 bits per heavy atom. The van der Waals surface area contributed by atoms with Gasteiger partial charge in [-0.25, -0.2) is 0 Å². The van der Waals surface area contributed by atoms with Gasteiger partial charge in [0.2, 0.25) is 5.91 Å². The van der Waals surface area contributed by atoms with E-state index in [2.05, 4.69) is 16.3 Å². The lowest BCUT2D eigenvalue weighted by Crippen LogP contribution is -2.48. The molecule has 2 rings (SSSR count). The van der Waals surface area contributed by atoms with Crippen LogP contribution in [-0.2, 0) is 9.53 Å². The minimum Gasteiger partial charge on any atom is -0.497 e. The molecule has 0 saturated carbocycles. The lowest BCUT2D eigenvalue weighted by Gasteiger charge is -2.35. The first-order valence-corrected chi connectivity index (χ1v) is 8.07. The third-order valence-corrected chi connectivity index (χ3v) is 4.21. The Morgan fingerprint density at radius 2 is 2.16 bits per heavy atom. The molecule has 0 aliphatic carbocycles. The Labute approximate surface area is 162 Å². The molecule has 25 heavy (non-hydrogen) atoms. The molecule has 1 fully saturated rings. The summed E-state index contributed by atoms with van der Waals surface area (Å²) in [4.78, 5) is 14.4. The highest BCUT2D eigenvalue weighted by Crippen LogP contribution is 2.24. The zero-order valence-electron chi connectivity index (χ0n) is 14.8. The maximum atomic E-state index is 12.1. The van der Waals surface area contributed by atoms with Crippen molar-refractivity contribution >= 4 is 36.4 Å². The summed E-state index contributed by atoms with van der Waals surface area (Å²) in [5.74, 6) is 0.847. The van der Waals surface area contributed by atoms with E-state index in [1.165, 1.54) is 0 Å². The summed E-state index contributed by atoms with van der Waals surface area (Å²) < 4.78 is 10.4. The van der Waals surface area contributed by atoms with Gasteiger partial charge in [-0.3, -0.25) is 4.79 Å². The van der Waals surface area contributed by atoms with Crippen LogP contribution in [0.15, 0.2) is 24.3 Å². The van der Waals surface area contributed by atoms with E-state index < -0.39 is 0 Å². The Hall–Kier alpha value is -1.21. The SMILES string of the molecule is COc1cccc(N2CCCC(NC(=O)CC(CN)OC)C2)c1.Cl.Cl. The first-order chi connectivity index (χ1) is 11.2. The third kappa shape index (κ3) is 7.28. The van der Waals surface area contributed by atoms with E-state index in [9.17, 15) is 4.79 Å². The van der Waals surface area contributed by atoms with Gasteiger partial charge < -0.3 is 25.4 Å². The second-order valence-electron chi connectivity index (χ2n) is 5.85. The molecular weight excluding hydrogens is 365 g/mol. The fourth-order valence-electron chi connectivity index (χ4n) is 2.89. The van der Waals surface area contributed by atoms with E-state index in [0.29, 0.717) is 13.0 Å². The van der Waals surface area contributed by atoms with Gasteiger partial charge in [-0.05, 0) is 25.0 Å². The Bertz CT molecular complexity index is 516. The van der Waals surface area contributed by atoms with Crippen molar-refractivity contribution in [2.45, 2.75) is 31.4 Å². The fraction of sp³-hybridized carbons (Fsp3) is 0.588. The summed E-state index contributed by atoms with van der Waals surface area (Å²) in [6.45, 7) is 2.15. The average molecular weight is 394 g/mol. The molecule has 1 aliphatic rings. The lowest BCUT2D eigenvalue weighted by atomic mass is 10.0. The molecule has 0 aromatic heterocycles. The van der Waals surface area contributed by atoms with Crippen LogP contribution in [0.25, 0.3) is 0 Å². The highest BCUT2D eigenvalue weighted by Gasteiger charge is 2.23. The van der Waals surface area contributed by atoms with Gasteiger partial charge in [0.15, 0.2) is 0 Å². The monoisotopic (exact) mass is 393 g/mol. The van der Waals surface area contributed by atoms with Crippen molar-refractivity contribution in [1.82, 2.24) is 5.32 Å². The summed E-state index contributed by atoms with van der Waals surface area (Å²) >= 11 is 0. The number of carbonyl (C=O) groups excluding carboxylic acids is 1.